The Morgan fingerprint density at radius 2 is 2.06 bits per heavy atom. The lowest BCUT2D eigenvalue weighted by atomic mass is 10.3. The predicted molar refractivity (Wildman–Crippen MR) is 57.5 cm³/mol. The van der Waals surface area contributed by atoms with E-state index in [1.165, 1.54) is 12.1 Å². The Morgan fingerprint density at radius 1 is 1.44 bits per heavy atom. The maximum absolute atomic E-state index is 11.4. The Kier molecular flexibility index (Phi) is 3.73. The van der Waals surface area contributed by atoms with Gasteiger partial charge in [0.2, 0.25) is 10.0 Å². The number of carbonyl (C=O) groups is 1. The number of hydrogen-bond donors (Lipinski definition) is 2. The van der Waals surface area contributed by atoms with Crippen LogP contribution in [-0.2, 0) is 19.6 Å². The van der Waals surface area contributed by atoms with E-state index in [9.17, 15) is 18.3 Å². The van der Waals surface area contributed by atoms with Gasteiger partial charge in [-0.05, 0) is 12.1 Å². The highest BCUT2D eigenvalue weighted by molar-refractivity contribution is 7.93. The first-order valence-corrected chi connectivity index (χ1v) is 5.95. The van der Waals surface area contributed by atoms with Crippen LogP contribution in [0.5, 0.6) is 5.75 Å². The first-order valence-electron chi connectivity index (χ1n) is 4.30. The molecule has 0 atom stereocenters. The molecule has 0 saturated heterocycles. The van der Waals surface area contributed by atoms with E-state index < -0.39 is 21.7 Å². The van der Waals surface area contributed by atoms with E-state index in [1.54, 1.807) is 12.1 Å². The van der Waals surface area contributed by atoms with Crippen molar-refractivity contribution in [1.29, 1.82) is 0 Å². The summed E-state index contributed by atoms with van der Waals surface area (Å²) in [6, 6.07) is 5.81. The molecule has 0 aliphatic carbocycles. The average Bonchev–Trinajstić information content (AvgIpc) is 2.20. The minimum atomic E-state index is -3.85. The van der Waals surface area contributed by atoms with E-state index in [0.29, 0.717) is 0 Å². The van der Waals surface area contributed by atoms with Crippen LogP contribution in [0, 0.1) is 0 Å². The lowest BCUT2D eigenvalue weighted by Gasteiger charge is -2.08. The van der Waals surface area contributed by atoms with Crippen molar-refractivity contribution in [2.24, 2.45) is 0 Å². The Hall–Kier alpha value is -1.76. The molecule has 0 amide bonds. The molecule has 0 unspecified atom stereocenters. The molecule has 1 aromatic carbocycles. The molecule has 2 N–H and O–H groups in total. The molecular weight excluding hydrogens is 234 g/mol. The summed E-state index contributed by atoms with van der Waals surface area (Å²) in [4.78, 5) is 10.8. The number of esters is 1. The van der Waals surface area contributed by atoms with Crippen molar-refractivity contribution >= 4 is 21.7 Å². The van der Waals surface area contributed by atoms with Gasteiger partial charge in [-0.1, -0.05) is 12.1 Å². The first kappa shape index (κ1) is 12.3. The number of ether oxygens (including phenoxy) is 1. The number of rotatable bonds is 4. The van der Waals surface area contributed by atoms with Crippen LogP contribution in [0.4, 0.5) is 5.69 Å². The van der Waals surface area contributed by atoms with E-state index in [0.717, 1.165) is 7.11 Å². The number of carbonyl (C=O) groups excluding carboxylic acids is 1. The fraction of sp³-hybridized carbons (Fsp3) is 0.222. The van der Waals surface area contributed by atoms with E-state index in [4.69, 9.17) is 0 Å². The Labute approximate surface area is 92.9 Å². The Morgan fingerprint density at radius 3 is 2.62 bits per heavy atom. The number of benzene rings is 1. The smallest absolute Gasteiger partial charge is 0.322 e. The molecule has 0 spiro atoms. The summed E-state index contributed by atoms with van der Waals surface area (Å²) >= 11 is 0. The summed E-state index contributed by atoms with van der Waals surface area (Å²) in [6.07, 6.45) is 0. The largest absolute Gasteiger partial charge is 0.506 e. The maximum Gasteiger partial charge on any atom is 0.322 e. The average molecular weight is 245 g/mol. The van der Waals surface area contributed by atoms with Gasteiger partial charge in [-0.15, -0.1) is 0 Å². The summed E-state index contributed by atoms with van der Waals surface area (Å²) in [5.74, 6) is -1.88. The topological polar surface area (TPSA) is 92.7 Å². The van der Waals surface area contributed by atoms with Crippen molar-refractivity contribution in [2.75, 3.05) is 17.6 Å². The molecule has 0 aliphatic rings. The number of phenols is 1. The third kappa shape index (κ3) is 3.43. The van der Waals surface area contributed by atoms with E-state index in [2.05, 4.69) is 9.46 Å². The van der Waals surface area contributed by atoms with Crippen molar-refractivity contribution in [3.63, 3.8) is 0 Å². The summed E-state index contributed by atoms with van der Waals surface area (Å²) in [5.41, 5.74) is 0.0198. The van der Waals surface area contributed by atoms with Gasteiger partial charge >= 0.3 is 5.97 Å². The van der Waals surface area contributed by atoms with Crippen LogP contribution in [-0.4, -0.2) is 32.4 Å². The molecule has 0 aromatic heterocycles. The number of phenolic OH excluding ortho intramolecular Hbond substituents is 1. The summed E-state index contributed by atoms with van der Waals surface area (Å²) in [5, 5.41) is 9.32. The summed E-state index contributed by atoms with van der Waals surface area (Å²) in [7, 11) is -2.76. The zero-order valence-corrected chi connectivity index (χ0v) is 9.32. The molecule has 0 aliphatic heterocycles. The van der Waals surface area contributed by atoms with Crippen molar-refractivity contribution in [2.45, 2.75) is 0 Å². The summed E-state index contributed by atoms with van der Waals surface area (Å²) < 4.78 is 29.1. The Bertz CT molecular complexity index is 482. The number of sulfonamides is 1. The molecule has 1 aromatic rings. The molecule has 1 rings (SSSR count). The van der Waals surface area contributed by atoms with E-state index in [1.807, 2.05) is 0 Å². The minimum Gasteiger partial charge on any atom is -0.506 e. The normalized spacial score (nSPS) is 10.8. The van der Waals surface area contributed by atoms with Gasteiger partial charge in [0.25, 0.3) is 0 Å². The Balaban J connectivity index is 2.81. The van der Waals surface area contributed by atoms with Crippen LogP contribution in [0.1, 0.15) is 0 Å². The second-order valence-corrected chi connectivity index (χ2v) is 4.68. The summed E-state index contributed by atoms with van der Waals surface area (Å²) in [6.45, 7) is 0. The van der Waals surface area contributed by atoms with Crippen molar-refractivity contribution in [3.8, 4) is 5.75 Å². The van der Waals surface area contributed by atoms with Crippen LogP contribution < -0.4 is 4.72 Å². The predicted octanol–water partition coefficient (Wildman–Crippen LogP) is 0.307. The van der Waals surface area contributed by atoms with Gasteiger partial charge in [0, 0.05) is 0 Å². The molecule has 6 nitrogen and oxygen atoms in total. The number of hydrogen-bond acceptors (Lipinski definition) is 5. The number of nitrogens with one attached hydrogen (secondary N) is 1. The van der Waals surface area contributed by atoms with Gasteiger partial charge in [0.1, 0.15) is 5.75 Å². The number of anilines is 1. The molecule has 7 heteroatoms. The standard InChI is InChI=1S/C9H11NO5S/c1-15-9(12)6-16(13,14)10-7-4-2-3-5-8(7)11/h2-5,10-11H,6H2,1H3. The third-order valence-corrected chi connectivity index (χ3v) is 2.85. The zero-order chi connectivity index (χ0) is 12.2. The zero-order valence-electron chi connectivity index (χ0n) is 8.50. The van der Waals surface area contributed by atoms with Crippen LogP contribution in [0.2, 0.25) is 0 Å². The molecule has 88 valence electrons. The molecule has 0 heterocycles. The molecule has 0 bridgehead atoms. The van der Waals surface area contributed by atoms with E-state index >= 15 is 0 Å². The fourth-order valence-electron chi connectivity index (χ4n) is 0.978. The molecule has 0 saturated carbocycles. The molecule has 16 heavy (non-hydrogen) atoms. The van der Waals surface area contributed by atoms with Gasteiger partial charge in [0.15, 0.2) is 5.75 Å². The maximum atomic E-state index is 11.4. The van der Waals surface area contributed by atoms with Crippen LogP contribution >= 0.6 is 0 Å². The van der Waals surface area contributed by atoms with Gasteiger partial charge < -0.3 is 9.84 Å². The van der Waals surface area contributed by atoms with Gasteiger partial charge in [-0.25, -0.2) is 8.42 Å². The van der Waals surface area contributed by atoms with Crippen LogP contribution in [0.25, 0.3) is 0 Å². The quantitative estimate of drug-likeness (QED) is 0.588. The van der Waals surface area contributed by atoms with Crippen molar-refractivity contribution < 1.29 is 23.1 Å². The lowest BCUT2D eigenvalue weighted by molar-refractivity contribution is -0.137. The molecule has 0 fully saturated rings. The van der Waals surface area contributed by atoms with E-state index in [-0.39, 0.29) is 11.4 Å². The van der Waals surface area contributed by atoms with Crippen molar-refractivity contribution in [1.82, 2.24) is 0 Å². The second-order valence-electron chi connectivity index (χ2n) is 2.95. The highest BCUT2D eigenvalue weighted by Crippen LogP contribution is 2.22. The van der Waals surface area contributed by atoms with Gasteiger partial charge in [0.05, 0.1) is 12.8 Å². The number of methoxy groups -OCH3 is 1. The first-order chi connectivity index (χ1) is 7.44. The minimum absolute atomic E-state index is 0.0198. The fourth-order valence-corrected chi connectivity index (χ4v) is 1.99. The molecule has 0 radical (unpaired) electrons. The van der Waals surface area contributed by atoms with Gasteiger partial charge in [-0.2, -0.15) is 0 Å². The second kappa shape index (κ2) is 4.84. The molecular formula is C9H11NO5S. The van der Waals surface area contributed by atoms with Crippen LogP contribution in [0.3, 0.4) is 0 Å². The number of aromatic hydroxyl groups is 1. The van der Waals surface area contributed by atoms with Crippen LogP contribution in [0.15, 0.2) is 24.3 Å². The highest BCUT2D eigenvalue weighted by Gasteiger charge is 2.17. The monoisotopic (exact) mass is 245 g/mol. The number of para-hydroxylation sites is 2. The van der Waals surface area contributed by atoms with Crippen molar-refractivity contribution in [3.05, 3.63) is 24.3 Å². The lowest BCUT2D eigenvalue weighted by Crippen LogP contribution is -2.23. The third-order valence-electron chi connectivity index (χ3n) is 1.71. The van der Waals surface area contributed by atoms with Gasteiger partial charge in [-0.3, -0.25) is 9.52 Å². The SMILES string of the molecule is COC(=O)CS(=O)(=O)Nc1ccccc1O. The highest BCUT2D eigenvalue weighted by atomic mass is 32.2.